The van der Waals surface area contributed by atoms with Gasteiger partial charge in [-0.05, 0) is 105 Å². The summed E-state index contributed by atoms with van der Waals surface area (Å²) in [7, 11) is 0. The molecule has 1 amide bonds. The Bertz CT molecular complexity index is 1250. The van der Waals surface area contributed by atoms with Gasteiger partial charge in [0.2, 0.25) is 0 Å². The molecule has 0 heterocycles. The predicted molar refractivity (Wildman–Crippen MR) is 156 cm³/mol. The van der Waals surface area contributed by atoms with Gasteiger partial charge in [-0.25, -0.2) is 4.79 Å². The lowest BCUT2D eigenvalue weighted by molar-refractivity contribution is -0.147. The van der Waals surface area contributed by atoms with Crippen LogP contribution in [0.4, 0.5) is 0 Å². The first-order chi connectivity index (χ1) is 19.5. The number of aliphatic hydroxyl groups is 1. The summed E-state index contributed by atoms with van der Waals surface area (Å²) in [5, 5.41) is 27.6. The number of rotatable bonds is 8. The number of benzene rings is 1. The Balaban J connectivity index is 1.19. The number of hydrogen-bond acceptors (Lipinski definition) is 7. The summed E-state index contributed by atoms with van der Waals surface area (Å²) in [6, 6.07) is 5.59. The standard InChI is InChI=1S/C33H44N2O6/c1-5-40-30(38)28(18-21-6-9-24(36)10-7-21)34-29(37)20-41-35-23-12-15-31(2)22(19-23)8-11-25-26(31)13-16-32(3)27(25)14-17-33(32,4)39/h6-7,9-10,12,15,19,25-28,36,39H,5,8,11,13-14,16-18,20H2,1-4H3,(H,34,37)/b35-23-/t25-,26-,27+,28+,31+,32+,33+/m1/s1. The van der Waals surface area contributed by atoms with E-state index in [1.165, 1.54) is 17.7 Å². The van der Waals surface area contributed by atoms with Crippen molar-refractivity contribution < 1.29 is 29.4 Å². The van der Waals surface area contributed by atoms with Gasteiger partial charge in [-0.1, -0.05) is 42.8 Å². The van der Waals surface area contributed by atoms with Crippen molar-refractivity contribution in [1.29, 1.82) is 0 Å². The van der Waals surface area contributed by atoms with Gasteiger partial charge in [0.15, 0.2) is 6.61 Å². The van der Waals surface area contributed by atoms with Crippen LogP contribution in [0.5, 0.6) is 5.75 Å². The van der Waals surface area contributed by atoms with Crippen LogP contribution in [0.2, 0.25) is 0 Å². The fourth-order valence-corrected chi connectivity index (χ4v) is 8.21. The van der Waals surface area contributed by atoms with Crippen LogP contribution in [0.25, 0.3) is 0 Å². The third-order valence-electron chi connectivity index (χ3n) is 10.8. The zero-order valence-electron chi connectivity index (χ0n) is 24.7. The van der Waals surface area contributed by atoms with Gasteiger partial charge in [-0.15, -0.1) is 0 Å². The number of fused-ring (bicyclic) bond motifs is 5. The van der Waals surface area contributed by atoms with Gasteiger partial charge in [0.1, 0.15) is 17.5 Å². The lowest BCUT2D eigenvalue weighted by Crippen LogP contribution is -2.53. The summed E-state index contributed by atoms with van der Waals surface area (Å²) in [6.45, 7) is 8.29. The summed E-state index contributed by atoms with van der Waals surface area (Å²) in [5.74, 6) is 0.852. The largest absolute Gasteiger partial charge is 0.508 e. The van der Waals surface area contributed by atoms with E-state index in [9.17, 15) is 19.8 Å². The molecule has 41 heavy (non-hydrogen) atoms. The molecule has 3 fully saturated rings. The molecule has 7 atom stereocenters. The van der Waals surface area contributed by atoms with Crippen molar-refractivity contribution in [3.63, 3.8) is 0 Å². The zero-order valence-corrected chi connectivity index (χ0v) is 24.7. The molecule has 1 aromatic rings. The van der Waals surface area contributed by atoms with Crippen LogP contribution in [0.1, 0.15) is 71.8 Å². The van der Waals surface area contributed by atoms with E-state index in [1.807, 2.05) is 13.0 Å². The number of carbonyl (C=O) groups is 2. The second kappa shape index (κ2) is 11.3. The van der Waals surface area contributed by atoms with Crippen LogP contribution in [0, 0.1) is 28.6 Å². The van der Waals surface area contributed by atoms with Gasteiger partial charge in [-0.3, -0.25) is 4.79 Å². The Morgan fingerprint density at radius 1 is 1.10 bits per heavy atom. The van der Waals surface area contributed by atoms with E-state index in [2.05, 4.69) is 36.5 Å². The fraction of sp³-hybridized carbons (Fsp3) is 0.606. The van der Waals surface area contributed by atoms with Gasteiger partial charge in [0.05, 0.1) is 12.2 Å². The van der Waals surface area contributed by atoms with Crippen molar-refractivity contribution in [2.24, 2.45) is 33.7 Å². The SMILES string of the molecule is CCOC(=O)[C@H](Cc1ccc(O)cc1)NC(=O)CO/N=C1/C=C[C@@]2(C)C(=C1)CC[C@@H]1[C@H]2CC[C@@]2(C)[C@H]1CC[C@]2(C)O. The van der Waals surface area contributed by atoms with E-state index in [1.54, 1.807) is 19.1 Å². The van der Waals surface area contributed by atoms with E-state index in [-0.39, 0.29) is 36.2 Å². The molecule has 1 aromatic carbocycles. The molecule has 0 unspecified atom stereocenters. The van der Waals surface area contributed by atoms with Gasteiger partial charge in [0.25, 0.3) is 5.91 Å². The number of allylic oxidation sites excluding steroid dienone is 4. The summed E-state index contributed by atoms with van der Waals surface area (Å²) >= 11 is 0. The second-order valence-electron chi connectivity index (χ2n) is 13.0. The number of amides is 1. The molecule has 4 aliphatic carbocycles. The van der Waals surface area contributed by atoms with Gasteiger partial charge < -0.3 is 25.1 Å². The van der Waals surface area contributed by atoms with E-state index in [0.29, 0.717) is 23.5 Å². The topological polar surface area (TPSA) is 117 Å². The maximum absolute atomic E-state index is 12.6. The molecule has 0 radical (unpaired) electrons. The molecule has 3 saturated carbocycles. The average Bonchev–Trinajstić information content (AvgIpc) is 3.18. The fourth-order valence-electron chi connectivity index (χ4n) is 8.21. The first-order valence-electron chi connectivity index (χ1n) is 15.0. The van der Waals surface area contributed by atoms with Crippen LogP contribution in [0.15, 0.2) is 53.2 Å². The normalized spacial score (nSPS) is 35.5. The summed E-state index contributed by atoms with van der Waals surface area (Å²) in [5.41, 5.74) is 2.21. The highest BCUT2D eigenvalue weighted by Crippen LogP contribution is 2.66. The average molecular weight is 565 g/mol. The lowest BCUT2D eigenvalue weighted by atomic mass is 9.47. The number of hydrogen-bond donors (Lipinski definition) is 3. The number of aromatic hydroxyl groups is 1. The summed E-state index contributed by atoms with van der Waals surface area (Å²) < 4.78 is 5.14. The van der Waals surface area contributed by atoms with Crippen molar-refractivity contribution in [1.82, 2.24) is 5.32 Å². The number of nitrogens with one attached hydrogen (secondary N) is 1. The highest BCUT2D eigenvalue weighted by molar-refractivity contribution is 6.05. The molecule has 8 nitrogen and oxygen atoms in total. The Labute approximate surface area is 242 Å². The van der Waals surface area contributed by atoms with E-state index in [0.717, 1.165) is 44.1 Å². The molecule has 0 bridgehead atoms. The van der Waals surface area contributed by atoms with Crippen LogP contribution in [-0.2, 0) is 25.6 Å². The third kappa shape index (κ3) is 5.55. The minimum atomic E-state index is -0.878. The maximum Gasteiger partial charge on any atom is 0.328 e. The van der Waals surface area contributed by atoms with Gasteiger partial charge in [0, 0.05) is 11.8 Å². The van der Waals surface area contributed by atoms with Crippen molar-refractivity contribution in [3.05, 3.63) is 53.6 Å². The van der Waals surface area contributed by atoms with Crippen molar-refractivity contribution >= 4 is 17.6 Å². The van der Waals surface area contributed by atoms with Crippen LogP contribution in [0.3, 0.4) is 0 Å². The second-order valence-corrected chi connectivity index (χ2v) is 13.0. The van der Waals surface area contributed by atoms with Crippen LogP contribution in [-0.4, -0.2) is 52.7 Å². The van der Waals surface area contributed by atoms with Gasteiger partial charge >= 0.3 is 5.97 Å². The Morgan fingerprint density at radius 2 is 1.83 bits per heavy atom. The molecule has 0 saturated heterocycles. The first-order valence-corrected chi connectivity index (χ1v) is 15.0. The van der Waals surface area contributed by atoms with Crippen LogP contribution < -0.4 is 5.32 Å². The van der Waals surface area contributed by atoms with E-state index >= 15 is 0 Å². The quantitative estimate of drug-likeness (QED) is 0.307. The summed E-state index contributed by atoms with van der Waals surface area (Å²) in [6.07, 6.45) is 12.9. The Morgan fingerprint density at radius 3 is 2.56 bits per heavy atom. The maximum atomic E-state index is 12.6. The minimum Gasteiger partial charge on any atom is -0.508 e. The molecule has 0 aromatic heterocycles. The number of oxime groups is 1. The molecule has 5 rings (SSSR count). The molecule has 0 spiro atoms. The van der Waals surface area contributed by atoms with E-state index < -0.39 is 23.5 Å². The van der Waals surface area contributed by atoms with Crippen molar-refractivity contribution in [2.75, 3.05) is 13.2 Å². The summed E-state index contributed by atoms with van der Waals surface area (Å²) in [4.78, 5) is 30.5. The molecular weight excluding hydrogens is 520 g/mol. The number of ether oxygens (including phenoxy) is 1. The lowest BCUT2D eigenvalue weighted by Gasteiger charge is -2.58. The Kier molecular flexibility index (Phi) is 8.07. The molecule has 4 aliphatic rings. The van der Waals surface area contributed by atoms with Crippen LogP contribution >= 0.6 is 0 Å². The van der Waals surface area contributed by atoms with Crippen molar-refractivity contribution in [3.8, 4) is 5.75 Å². The number of phenols is 1. The predicted octanol–water partition coefficient (Wildman–Crippen LogP) is 4.85. The van der Waals surface area contributed by atoms with Crippen molar-refractivity contribution in [2.45, 2.75) is 84.3 Å². The first kappa shape index (κ1) is 29.4. The molecule has 3 N–H and O–H groups in total. The molecule has 0 aliphatic heterocycles. The number of phenolic OH excluding ortho intramolecular Hbond substituents is 1. The molecule has 222 valence electrons. The van der Waals surface area contributed by atoms with Gasteiger partial charge in [-0.2, -0.15) is 0 Å². The highest BCUT2D eigenvalue weighted by Gasteiger charge is 2.62. The smallest absolute Gasteiger partial charge is 0.328 e. The van der Waals surface area contributed by atoms with E-state index in [4.69, 9.17) is 9.57 Å². The number of nitrogens with zero attached hydrogens (tertiary/aromatic N) is 1. The Hall–Kier alpha value is -3.13. The third-order valence-corrected chi connectivity index (χ3v) is 10.8. The number of carbonyl (C=O) groups excluding carboxylic acids is 2. The molecule has 8 heteroatoms. The minimum absolute atomic E-state index is 0.00149. The monoisotopic (exact) mass is 564 g/mol. The number of esters is 1. The highest BCUT2D eigenvalue weighted by atomic mass is 16.6. The molecular formula is C33H44N2O6. The zero-order chi connectivity index (χ0) is 29.4.